The van der Waals surface area contributed by atoms with Gasteiger partial charge in [-0.15, -0.1) is 6.58 Å². The molecule has 0 heterocycles. The van der Waals surface area contributed by atoms with Crippen molar-refractivity contribution >= 4 is 0 Å². The molecule has 0 aromatic rings. The summed E-state index contributed by atoms with van der Waals surface area (Å²) in [4.78, 5) is 0. The van der Waals surface area contributed by atoms with E-state index < -0.39 is 0 Å². The fourth-order valence-electron chi connectivity index (χ4n) is 0.822. The van der Waals surface area contributed by atoms with Crippen LogP contribution in [0.5, 0.6) is 0 Å². The Labute approximate surface area is 64.6 Å². The lowest BCUT2D eigenvalue weighted by Crippen LogP contribution is -1.88. The fraction of sp³-hybridized carbons (Fsp3) is 0.600. The highest BCUT2D eigenvalue weighted by Crippen LogP contribution is 2.10. The summed E-state index contributed by atoms with van der Waals surface area (Å²) in [6, 6.07) is 0. The van der Waals surface area contributed by atoms with Crippen molar-refractivity contribution in [3.63, 3.8) is 0 Å². The third kappa shape index (κ3) is 5.61. The van der Waals surface area contributed by atoms with Crippen molar-refractivity contribution in [2.75, 3.05) is 0 Å². The third-order valence-electron chi connectivity index (χ3n) is 1.59. The maximum atomic E-state index is 5.34. The molecule has 0 aromatic carbocycles. The van der Waals surface area contributed by atoms with Crippen LogP contribution in [-0.4, -0.2) is 0 Å². The van der Waals surface area contributed by atoms with Gasteiger partial charge in [-0.3, -0.25) is 0 Å². The first kappa shape index (κ1) is 9.48. The quantitative estimate of drug-likeness (QED) is 0.510. The van der Waals surface area contributed by atoms with Crippen molar-refractivity contribution in [2.45, 2.75) is 33.1 Å². The van der Waals surface area contributed by atoms with E-state index in [9.17, 15) is 0 Å². The summed E-state index contributed by atoms with van der Waals surface area (Å²) in [6.07, 6.45) is 5.30. The fourth-order valence-corrected chi connectivity index (χ4v) is 0.822. The number of hydrogen-bond acceptors (Lipinski definition) is 0. The van der Waals surface area contributed by atoms with Crippen molar-refractivity contribution < 1.29 is 0 Å². The second-order valence-corrected chi connectivity index (χ2v) is 3.02. The first-order valence-corrected chi connectivity index (χ1v) is 3.86. The second kappa shape index (κ2) is 5.28. The molecule has 0 fully saturated rings. The first-order valence-electron chi connectivity index (χ1n) is 3.86. The predicted molar refractivity (Wildman–Crippen MR) is 46.7 cm³/mol. The van der Waals surface area contributed by atoms with Crippen LogP contribution in [0.2, 0.25) is 0 Å². The molecule has 0 aliphatic heterocycles. The highest BCUT2D eigenvalue weighted by molar-refractivity contribution is 4.87. The van der Waals surface area contributed by atoms with E-state index in [4.69, 9.17) is 6.58 Å². The van der Waals surface area contributed by atoms with Crippen LogP contribution in [0.4, 0.5) is 0 Å². The minimum absolute atomic E-state index is 0.555. The van der Waals surface area contributed by atoms with Crippen molar-refractivity contribution in [2.24, 2.45) is 5.92 Å². The molecule has 10 heavy (non-hydrogen) atoms. The van der Waals surface area contributed by atoms with Crippen molar-refractivity contribution in [1.82, 2.24) is 0 Å². The zero-order valence-electron chi connectivity index (χ0n) is 7.06. The molecule has 57 valence electrons. The first-order chi connectivity index (χ1) is 4.66. The van der Waals surface area contributed by atoms with Gasteiger partial charge in [0.2, 0.25) is 0 Å². The van der Waals surface area contributed by atoms with Crippen LogP contribution in [0.3, 0.4) is 0 Å². The van der Waals surface area contributed by atoms with Crippen molar-refractivity contribution in [3.05, 3.63) is 24.8 Å². The highest BCUT2D eigenvalue weighted by atomic mass is 14.0. The molecule has 0 aliphatic carbocycles. The maximum Gasteiger partial charge on any atom is -0.0259 e. The van der Waals surface area contributed by atoms with Gasteiger partial charge < -0.3 is 0 Å². The van der Waals surface area contributed by atoms with E-state index >= 15 is 0 Å². The van der Waals surface area contributed by atoms with Crippen LogP contribution in [0.1, 0.15) is 33.1 Å². The maximum absolute atomic E-state index is 5.34. The average molecular weight is 137 g/mol. The molecule has 1 atom stereocenters. The van der Waals surface area contributed by atoms with Gasteiger partial charge in [-0.05, 0) is 32.1 Å². The normalized spacial score (nSPS) is 12.6. The number of hydrogen-bond donors (Lipinski definition) is 0. The standard InChI is InChI=1S/C10H17/c1-5-10(4)8-6-7-9(2)3/h1,5,10H,2,6-8H2,3-4H3. The van der Waals surface area contributed by atoms with Crippen LogP contribution >= 0.6 is 0 Å². The summed E-state index contributed by atoms with van der Waals surface area (Å²) in [7, 11) is 0. The van der Waals surface area contributed by atoms with E-state index in [-0.39, 0.29) is 0 Å². The zero-order chi connectivity index (χ0) is 7.98. The lowest BCUT2D eigenvalue weighted by atomic mass is 10.0. The van der Waals surface area contributed by atoms with Gasteiger partial charge in [0.05, 0.1) is 0 Å². The highest BCUT2D eigenvalue weighted by Gasteiger charge is 1.94. The summed E-state index contributed by atoms with van der Waals surface area (Å²) in [6.45, 7) is 13.4. The Morgan fingerprint density at radius 1 is 1.70 bits per heavy atom. The monoisotopic (exact) mass is 137 g/mol. The van der Waals surface area contributed by atoms with Gasteiger partial charge in [0.25, 0.3) is 0 Å². The van der Waals surface area contributed by atoms with Crippen LogP contribution in [0.25, 0.3) is 0 Å². The lowest BCUT2D eigenvalue weighted by Gasteiger charge is -2.03. The van der Waals surface area contributed by atoms with Gasteiger partial charge in [-0.25, -0.2) is 0 Å². The molecule has 0 saturated carbocycles. The van der Waals surface area contributed by atoms with E-state index in [1.165, 1.54) is 18.4 Å². The molecular weight excluding hydrogens is 120 g/mol. The third-order valence-corrected chi connectivity index (χ3v) is 1.59. The molecule has 0 aromatic heterocycles. The van der Waals surface area contributed by atoms with Gasteiger partial charge in [-0.1, -0.05) is 25.2 Å². The van der Waals surface area contributed by atoms with E-state index in [2.05, 4.69) is 20.4 Å². The lowest BCUT2D eigenvalue weighted by molar-refractivity contribution is 0.605. The van der Waals surface area contributed by atoms with Crippen LogP contribution < -0.4 is 0 Å². The average Bonchev–Trinajstić information content (AvgIpc) is 1.87. The summed E-state index contributed by atoms with van der Waals surface area (Å²) in [5.74, 6) is 0.555. The molecule has 0 spiro atoms. The smallest absolute Gasteiger partial charge is 0.0259 e. The Morgan fingerprint density at radius 2 is 2.30 bits per heavy atom. The second-order valence-electron chi connectivity index (χ2n) is 3.02. The van der Waals surface area contributed by atoms with E-state index in [0.717, 1.165) is 6.42 Å². The molecule has 0 aliphatic rings. The van der Waals surface area contributed by atoms with Gasteiger partial charge in [-0.2, -0.15) is 0 Å². The van der Waals surface area contributed by atoms with Crippen molar-refractivity contribution in [1.29, 1.82) is 0 Å². The topological polar surface area (TPSA) is 0 Å². The SMILES string of the molecule is [CH]=CC(C)CCCC(=C)C. The molecule has 0 heteroatoms. The van der Waals surface area contributed by atoms with E-state index in [0.29, 0.717) is 5.92 Å². The van der Waals surface area contributed by atoms with Crippen LogP contribution in [-0.2, 0) is 0 Å². The summed E-state index contributed by atoms with van der Waals surface area (Å²) in [5.41, 5.74) is 1.27. The number of allylic oxidation sites excluding steroid dienone is 2. The van der Waals surface area contributed by atoms with Gasteiger partial charge >= 0.3 is 0 Å². The number of rotatable bonds is 5. The molecule has 0 bridgehead atoms. The molecular formula is C10H17. The van der Waals surface area contributed by atoms with Gasteiger partial charge in [0, 0.05) is 0 Å². The molecule has 0 nitrogen and oxygen atoms in total. The summed E-state index contributed by atoms with van der Waals surface area (Å²) >= 11 is 0. The van der Waals surface area contributed by atoms with Crippen molar-refractivity contribution in [3.8, 4) is 0 Å². The summed E-state index contributed by atoms with van der Waals surface area (Å²) in [5, 5.41) is 0. The molecule has 0 N–H and O–H groups in total. The molecule has 0 amide bonds. The Morgan fingerprint density at radius 3 is 2.70 bits per heavy atom. The Hall–Kier alpha value is -0.520. The molecule has 1 unspecified atom stereocenters. The Balaban J connectivity index is 3.19. The largest absolute Gasteiger partial charge is 0.100 e. The predicted octanol–water partition coefficient (Wildman–Crippen LogP) is 3.36. The minimum Gasteiger partial charge on any atom is -0.100 e. The molecule has 0 saturated heterocycles. The molecule has 1 radical (unpaired) electrons. The van der Waals surface area contributed by atoms with E-state index in [1.807, 2.05) is 0 Å². The van der Waals surface area contributed by atoms with Crippen LogP contribution in [0, 0.1) is 12.5 Å². The van der Waals surface area contributed by atoms with Gasteiger partial charge in [0.15, 0.2) is 0 Å². The summed E-state index contributed by atoms with van der Waals surface area (Å²) < 4.78 is 0. The Kier molecular flexibility index (Phi) is 5.00. The minimum atomic E-state index is 0.555. The zero-order valence-corrected chi connectivity index (χ0v) is 7.06. The van der Waals surface area contributed by atoms with E-state index in [1.54, 1.807) is 6.08 Å². The molecule has 0 rings (SSSR count). The van der Waals surface area contributed by atoms with Gasteiger partial charge in [0.1, 0.15) is 0 Å². The Bertz CT molecular complexity index is 111. The van der Waals surface area contributed by atoms with Crippen LogP contribution in [0.15, 0.2) is 18.2 Å².